The first-order chi connectivity index (χ1) is 14.0. The van der Waals surface area contributed by atoms with Crippen molar-refractivity contribution >= 4 is 20.9 Å². The van der Waals surface area contributed by atoms with E-state index in [1.807, 2.05) is 11.0 Å². The summed E-state index contributed by atoms with van der Waals surface area (Å²) < 4.78 is 33.5. The van der Waals surface area contributed by atoms with Gasteiger partial charge in [-0.2, -0.15) is 8.99 Å². The van der Waals surface area contributed by atoms with Crippen LogP contribution in [0.1, 0.15) is 0 Å². The molecule has 0 radical (unpaired) electrons. The zero-order valence-corrected chi connectivity index (χ0v) is 16.7. The Bertz CT molecular complexity index is 1170. The molecule has 0 N–H and O–H groups in total. The Morgan fingerprint density at radius 3 is 2.38 bits per heavy atom. The van der Waals surface area contributed by atoms with Crippen molar-refractivity contribution in [2.75, 3.05) is 33.3 Å². The summed E-state index contributed by atoms with van der Waals surface area (Å²) in [6.07, 6.45) is 0. The van der Waals surface area contributed by atoms with Gasteiger partial charge in [0, 0.05) is 26.2 Å². The van der Waals surface area contributed by atoms with Crippen molar-refractivity contribution in [3.63, 3.8) is 0 Å². The smallest absolute Gasteiger partial charge is 0.278 e. The number of ether oxygens (including phenoxy) is 1. The van der Waals surface area contributed by atoms with E-state index in [1.54, 1.807) is 42.5 Å². The third-order valence-electron chi connectivity index (χ3n) is 4.99. The van der Waals surface area contributed by atoms with Crippen LogP contribution in [-0.2, 0) is 16.7 Å². The van der Waals surface area contributed by atoms with Crippen LogP contribution in [0, 0.1) is 0 Å². The Kier molecular flexibility index (Phi) is 5.31. The minimum absolute atomic E-state index is 0.205. The van der Waals surface area contributed by atoms with E-state index >= 15 is 0 Å². The lowest BCUT2D eigenvalue weighted by molar-refractivity contribution is 0.141. The van der Waals surface area contributed by atoms with Gasteiger partial charge >= 0.3 is 0 Å². The van der Waals surface area contributed by atoms with Gasteiger partial charge in [0.05, 0.1) is 24.1 Å². The highest BCUT2D eigenvalue weighted by Gasteiger charge is 2.28. The van der Waals surface area contributed by atoms with Crippen LogP contribution in [0.4, 0.5) is 0 Å². The summed E-state index contributed by atoms with van der Waals surface area (Å²) in [5.74, 6) is 0.607. The number of piperazine rings is 1. The fourth-order valence-electron chi connectivity index (χ4n) is 3.31. The summed E-state index contributed by atoms with van der Waals surface area (Å²) in [4.78, 5) is 14.8. The van der Waals surface area contributed by atoms with Crippen molar-refractivity contribution in [1.29, 1.82) is 0 Å². The molecule has 4 rings (SSSR count). The topological polar surface area (TPSA) is 97.6 Å². The van der Waals surface area contributed by atoms with Crippen LogP contribution in [0.2, 0.25) is 0 Å². The van der Waals surface area contributed by atoms with Crippen LogP contribution >= 0.6 is 0 Å². The van der Waals surface area contributed by atoms with Crippen molar-refractivity contribution in [2.45, 2.75) is 11.6 Å². The summed E-state index contributed by atoms with van der Waals surface area (Å²) in [6.45, 7) is 1.94. The second-order valence-electron chi connectivity index (χ2n) is 6.75. The molecule has 152 valence electrons. The molecule has 0 amide bonds. The standard InChI is InChI=1S/C19H21N5O4S/c1-28-15-6-8-16(9-7-15)29(26,27)23-12-10-22(11-13-23)14-24-19(25)17-4-2-3-5-18(17)20-21-24/h2-9H,10-14H2,1H3. The number of hydrogen-bond donors (Lipinski definition) is 0. The highest BCUT2D eigenvalue weighted by Crippen LogP contribution is 2.20. The van der Waals surface area contributed by atoms with Gasteiger partial charge in [0.25, 0.3) is 5.56 Å². The number of rotatable bonds is 5. The Morgan fingerprint density at radius 2 is 1.69 bits per heavy atom. The SMILES string of the molecule is COc1ccc(S(=O)(=O)N2CCN(Cn3nnc4ccccc4c3=O)CC2)cc1. The molecule has 0 unspecified atom stereocenters. The van der Waals surface area contributed by atoms with Crippen molar-refractivity contribution < 1.29 is 13.2 Å². The zero-order chi connectivity index (χ0) is 20.4. The van der Waals surface area contributed by atoms with Crippen molar-refractivity contribution in [2.24, 2.45) is 0 Å². The predicted octanol–water partition coefficient (Wildman–Crippen LogP) is 0.764. The van der Waals surface area contributed by atoms with Crippen molar-refractivity contribution in [3.05, 3.63) is 58.9 Å². The van der Waals surface area contributed by atoms with Crippen LogP contribution in [0.5, 0.6) is 5.75 Å². The van der Waals surface area contributed by atoms with Gasteiger partial charge in [-0.05, 0) is 36.4 Å². The molecule has 0 saturated carbocycles. The third-order valence-corrected chi connectivity index (χ3v) is 6.90. The molecule has 0 aliphatic carbocycles. The van der Waals surface area contributed by atoms with Gasteiger partial charge in [-0.25, -0.2) is 8.42 Å². The predicted molar refractivity (Wildman–Crippen MR) is 107 cm³/mol. The molecule has 9 nitrogen and oxygen atoms in total. The molecule has 0 atom stereocenters. The average Bonchev–Trinajstić information content (AvgIpc) is 2.76. The number of benzene rings is 2. The van der Waals surface area contributed by atoms with Crippen molar-refractivity contribution in [1.82, 2.24) is 24.2 Å². The third kappa shape index (κ3) is 3.86. The molecule has 2 heterocycles. The first-order valence-corrected chi connectivity index (χ1v) is 10.6. The summed E-state index contributed by atoms with van der Waals surface area (Å²) in [5.41, 5.74) is 0.355. The minimum Gasteiger partial charge on any atom is -0.497 e. The van der Waals surface area contributed by atoms with Crippen LogP contribution in [-0.4, -0.2) is 65.9 Å². The highest BCUT2D eigenvalue weighted by molar-refractivity contribution is 7.89. The molecule has 1 aliphatic rings. The second-order valence-corrected chi connectivity index (χ2v) is 8.69. The average molecular weight is 415 g/mol. The number of hydrogen-bond acceptors (Lipinski definition) is 7. The number of aromatic nitrogens is 3. The van der Waals surface area contributed by atoms with E-state index in [9.17, 15) is 13.2 Å². The molecule has 0 bridgehead atoms. The Morgan fingerprint density at radius 1 is 1.00 bits per heavy atom. The molecule has 1 saturated heterocycles. The van der Waals surface area contributed by atoms with E-state index < -0.39 is 10.0 Å². The number of methoxy groups -OCH3 is 1. The maximum atomic E-state index is 12.8. The van der Waals surface area contributed by atoms with E-state index in [0.29, 0.717) is 42.8 Å². The normalized spacial score (nSPS) is 16.2. The van der Waals surface area contributed by atoms with Crippen LogP contribution < -0.4 is 10.3 Å². The fraction of sp³-hybridized carbons (Fsp3) is 0.316. The molecule has 10 heteroatoms. The van der Waals surface area contributed by atoms with E-state index in [1.165, 1.54) is 16.1 Å². The minimum atomic E-state index is -3.57. The van der Waals surface area contributed by atoms with E-state index in [2.05, 4.69) is 10.3 Å². The van der Waals surface area contributed by atoms with Gasteiger partial charge in [0.1, 0.15) is 11.3 Å². The summed E-state index contributed by atoms with van der Waals surface area (Å²) >= 11 is 0. The largest absolute Gasteiger partial charge is 0.497 e. The highest BCUT2D eigenvalue weighted by atomic mass is 32.2. The first-order valence-electron chi connectivity index (χ1n) is 9.18. The molecule has 1 fully saturated rings. The molecular formula is C19H21N5O4S. The Hall–Kier alpha value is -2.82. The number of sulfonamides is 1. The van der Waals surface area contributed by atoms with Gasteiger partial charge in [0.15, 0.2) is 0 Å². The molecule has 29 heavy (non-hydrogen) atoms. The summed E-state index contributed by atoms with van der Waals surface area (Å²) in [6, 6.07) is 13.4. The molecule has 1 aliphatic heterocycles. The second kappa shape index (κ2) is 7.90. The van der Waals surface area contributed by atoms with Crippen LogP contribution in [0.25, 0.3) is 10.9 Å². The van der Waals surface area contributed by atoms with Crippen molar-refractivity contribution in [3.8, 4) is 5.75 Å². The molecule has 3 aromatic rings. The van der Waals surface area contributed by atoms with E-state index in [-0.39, 0.29) is 17.1 Å². The monoisotopic (exact) mass is 415 g/mol. The maximum absolute atomic E-state index is 12.8. The zero-order valence-electron chi connectivity index (χ0n) is 15.9. The maximum Gasteiger partial charge on any atom is 0.278 e. The summed E-state index contributed by atoms with van der Waals surface area (Å²) in [7, 11) is -2.03. The van der Waals surface area contributed by atoms with Gasteiger partial charge in [-0.3, -0.25) is 9.69 Å². The lowest BCUT2D eigenvalue weighted by Crippen LogP contribution is -2.49. The lowest BCUT2D eigenvalue weighted by atomic mass is 10.2. The fourth-order valence-corrected chi connectivity index (χ4v) is 4.74. The lowest BCUT2D eigenvalue weighted by Gasteiger charge is -2.33. The van der Waals surface area contributed by atoms with Crippen LogP contribution in [0.15, 0.2) is 58.2 Å². The Labute approximate surface area is 168 Å². The number of nitrogens with zero attached hydrogens (tertiary/aromatic N) is 5. The quantitative estimate of drug-likeness (QED) is 0.607. The summed E-state index contributed by atoms with van der Waals surface area (Å²) in [5, 5.41) is 8.60. The van der Waals surface area contributed by atoms with Gasteiger partial charge in [0.2, 0.25) is 10.0 Å². The van der Waals surface area contributed by atoms with E-state index in [0.717, 1.165) is 0 Å². The van der Waals surface area contributed by atoms with Gasteiger partial charge in [-0.15, -0.1) is 5.10 Å². The molecule has 0 spiro atoms. The first kappa shape index (κ1) is 19.5. The molecular weight excluding hydrogens is 394 g/mol. The van der Waals surface area contributed by atoms with Gasteiger partial charge in [-0.1, -0.05) is 17.3 Å². The number of fused-ring (bicyclic) bond motifs is 1. The Balaban J connectivity index is 1.44. The van der Waals surface area contributed by atoms with Crippen LogP contribution in [0.3, 0.4) is 0 Å². The van der Waals surface area contributed by atoms with Gasteiger partial charge < -0.3 is 4.74 Å². The molecule has 1 aromatic heterocycles. The van der Waals surface area contributed by atoms with E-state index in [4.69, 9.17) is 4.74 Å². The molecule has 2 aromatic carbocycles.